The average molecular weight is 128 g/mol. The molecule has 50 valence electrons. The van der Waals surface area contributed by atoms with E-state index >= 15 is 0 Å². The number of nitrogens with one attached hydrogen (secondary N) is 1. The van der Waals surface area contributed by atoms with Crippen LogP contribution in [0.15, 0.2) is 0 Å². The van der Waals surface area contributed by atoms with Gasteiger partial charge in [0, 0.05) is 0 Å². The third-order valence-corrected chi connectivity index (χ3v) is 0.504. The summed E-state index contributed by atoms with van der Waals surface area (Å²) in [5.41, 5.74) is 7.01. The van der Waals surface area contributed by atoms with E-state index in [4.69, 9.17) is 12.2 Å². The molecule has 0 saturated heterocycles. The van der Waals surface area contributed by atoms with E-state index in [1.54, 1.807) is 0 Å². The van der Waals surface area contributed by atoms with Crippen molar-refractivity contribution >= 4 is 5.91 Å². The number of nitrogens with two attached hydrogens (primary N) is 1. The van der Waals surface area contributed by atoms with Crippen LogP contribution >= 0.6 is 0 Å². The third kappa shape index (κ3) is 6.95. The largest absolute Gasteiger partial charge is 0.368 e. The predicted molar refractivity (Wildman–Crippen MR) is 32.0 cm³/mol. The van der Waals surface area contributed by atoms with E-state index in [9.17, 15) is 4.79 Å². The summed E-state index contributed by atoms with van der Waals surface area (Å²) < 4.78 is 0. The molecule has 0 heterocycles. The fourth-order valence-corrected chi connectivity index (χ4v) is 0.215. The minimum atomic E-state index is -0.480. The second-order valence-corrected chi connectivity index (χ2v) is 1.28. The zero-order valence-corrected chi connectivity index (χ0v) is 4.89. The molecule has 0 bridgehead atoms. The number of carbonyl (C=O) groups is 1. The number of primary amides is 1. The lowest BCUT2D eigenvalue weighted by Gasteiger charge is -1.96. The first-order valence-corrected chi connectivity index (χ1v) is 2.33. The SMILES string of the molecule is C#CCONCC(N)=O. The number of hydroxylamine groups is 1. The van der Waals surface area contributed by atoms with Crippen molar-refractivity contribution in [2.75, 3.05) is 13.2 Å². The molecule has 0 spiro atoms. The Morgan fingerprint density at radius 1 is 1.89 bits per heavy atom. The number of hydrogen-bond donors (Lipinski definition) is 2. The maximum absolute atomic E-state index is 9.99. The van der Waals surface area contributed by atoms with Crippen LogP contribution in [0.5, 0.6) is 0 Å². The van der Waals surface area contributed by atoms with Crippen LogP contribution in [0, 0.1) is 12.3 Å². The summed E-state index contributed by atoms with van der Waals surface area (Å²) in [4.78, 5) is 14.5. The Labute approximate surface area is 53.3 Å². The van der Waals surface area contributed by atoms with Crippen molar-refractivity contribution in [1.29, 1.82) is 0 Å². The van der Waals surface area contributed by atoms with Gasteiger partial charge in [-0.1, -0.05) is 5.92 Å². The molecule has 0 rings (SSSR count). The van der Waals surface area contributed by atoms with Crippen LogP contribution in [0.4, 0.5) is 0 Å². The summed E-state index contributed by atoms with van der Waals surface area (Å²) in [6.07, 6.45) is 4.81. The molecule has 1 amide bonds. The Kier molecular flexibility index (Phi) is 4.50. The normalized spacial score (nSPS) is 8.33. The van der Waals surface area contributed by atoms with Gasteiger partial charge in [0.25, 0.3) is 0 Å². The molecule has 0 aromatic carbocycles. The zero-order valence-electron chi connectivity index (χ0n) is 4.89. The molecular formula is C5H8N2O2. The van der Waals surface area contributed by atoms with E-state index in [2.05, 4.69) is 16.2 Å². The van der Waals surface area contributed by atoms with E-state index < -0.39 is 5.91 Å². The van der Waals surface area contributed by atoms with E-state index in [0.717, 1.165) is 0 Å². The molecule has 0 aliphatic heterocycles. The van der Waals surface area contributed by atoms with Gasteiger partial charge in [0.1, 0.15) is 6.61 Å². The average Bonchev–Trinajstić information content (AvgIpc) is 1.80. The van der Waals surface area contributed by atoms with Gasteiger partial charge in [-0.15, -0.1) is 6.42 Å². The summed E-state index contributed by atoms with van der Waals surface area (Å²) in [6, 6.07) is 0. The Hall–Kier alpha value is -1.05. The first kappa shape index (κ1) is 7.95. The van der Waals surface area contributed by atoms with Crippen molar-refractivity contribution in [3.05, 3.63) is 0 Å². The van der Waals surface area contributed by atoms with Gasteiger partial charge in [-0.25, -0.2) is 0 Å². The van der Waals surface area contributed by atoms with Gasteiger partial charge in [0.05, 0.1) is 6.54 Å². The molecule has 0 aliphatic rings. The van der Waals surface area contributed by atoms with Crippen LogP contribution < -0.4 is 11.2 Å². The number of carbonyl (C=O) groups excluding carboxylic acids is 1. The second-order valence-electron chi connectivity index (χ2n) is 1.28. The van der Waals surface area contributed by atoms with E-state index in [1.807, 2.05) is 0 Å². The maximum Gasteiger partial charge on any atom is 0.233 e. The highest BCUT2D eigenvalue weighted by atomic mass is 16.6. The van der Waals surface area contributed by atoms with Crippen LogP contribution in [-0.4, -0.2) is 19.1 Å². The molecule has 4 heteroatoms. The van der Waals surface area contributed by atoms with Gasteiger partial charge in [0.2, 0.25) is 5.91 Å². The lowest BCUT2D eigenvalue weighted by atomic mass is 10.7. The zero-order chi connectivity index (χ0) is 7.11. The van der Waals surface area contributed by atoms with Crippen molar-refractivity contribution in [3.63, 3.8) is 0 Å². The van der Waals surface area contributed by atoms with Crippen LogP contribution in [-0.2, 0) is 9.63 Å². The lowest BCUT2D eigenvalue weighted by Crippen LogP contribution is -2.28. The summed E-state index contributed by atoms with van der Waals surface area (Å²) >= 11 is 0. The highest BCUT2D eigenvalue weighted by molar-refractivity contribution is 5.75. The van der Waals surface area contributed by atoms with Gasteiger partial charge < -0.3 is 5.73 Å². The predicted octanol–water partition coefficient (Wildman–Crippen LogP) is -1.37. The Morgan fingerprint density at radius 2 is 2.56 bits per heavy atom. The lowest BCUT2D eigenvalue weighted by molar-refractivity contribution is -0.119. The molecule has 3 N–H and O–H groups in total. The number of terminal acetylenes is 1. The van der Waals surface area contributed by atoms with Crippen molar-refractivity contribution in [1.82, 2.24) is 5.48 Å². The molecular weight excluding hydrogens is 120 g/mol. The molecule has 0 radical (unpaired) electrons. The van der Waals surface area contributed by atoms with Gasteiger partial charge in [-0.3, -0.25) is 9.63 Å². The Balaban J connectivity index is 2.94. The van der Waals surface area contributed by atoms with Gasteiger partial charge in [0.15, 0.2) is 0 Å². The minimum Gasteiger partial charge on any atom is -0.368 e. The van der Waals surface area contributed by atoms with Crippen LogP contribution in [0.25, 0.3) is 0 Å². The van der Waals surface area contributed by atoms with E-state index in [-0.39, 0.29) is 13.2 Å². The number of amides is 1. The van der Waals surface area contributed by atoms with E-state index in [1.165, 1.54) is 0 Å². The van der Waals surface area contributed by atoms with Crippen LogP contribution in [0.3, 0.4) is 0 Å². The molecule has 0 fully saturated rings. The second kappa shape index (κ2) is 5.09. The molecule has 0 saturated carbocycles. The Bertz CT molecular complexity index is 127. The minimum absolute atomic E-state index is 0.0122. The van der Waals surface area contributed by atoms with Gasteiger partial charge in [-0.2, -0.15) is 5.48 Å². The highest BCUT2D eigenvalue weighted by Crippen LogP contribution is 1.61. The first-order chi connectivity index (χ1) is 4.27. The molecule has 0 unspecified atom stereocenters. The van der Waals surface area contributed by atoms with Crippen LogP contribution in [0.2, 0.25) is 0 Å². The summed E-state index contributed by atoms with van der Waals surface area (Å²) in [5.74, 6) is 1.72. The van der Waals surface area contributed by atoms with Crippen molar-refractivity contribution in [3.8, 4) is 12.3 Å². The number of rotatable bonds is 4. The molecule has 0 aromatic heterocycles. The molecule has 9 heavy (non-hydrogen) atoms. The molecule has 4 nitrogen and oxygen atoms in total. The molecule has 0 aromatic rings. The number of hydrogen-bond acceptors (Lipinski definition) is 3. The van der Waals surface area contributed by atoms with E-state index in [0.29, 0.717) is 0 Å². The molecule has 0 atom stereocenters. The van der Waals surface area contributed by atoms with Crippen molar-refractivity contribution in [2.45, 2.75) is 0 Å². The maximum atomic E-state index is 9.99. The molecule has 0 aliphatic carbocycles. The monoisotopic (exact) mass is 128 g/mol. The van der Waals surface area contributed by atoms with Crippen molar-refractivity contribution in [2.24, 2.45) is 5.73 Å². The standard InChI is InChI=1S/C5H8N2O2/c1-2-3-9-7-4-5(6)8/h1,7H,3-4H2,(H2,6,8). The van der Waals surface area contributed by atoms with Gasteiger partial charge in [-0.05, 0) is 0 Å². The summed E-state index contributed by atoms with van der Waals surface area (Å²) in [6.45, 7) is 0.120. The highest BCUT2D eigenvalue weighted by Gasteiger charge is 1.89. The topological polar surface area (TPSA) is 64.3 Å². The third-order valence-electron chi connectivity index (χ3n) is 0.504. The fraction of sp³-hybridized carbons (Fsp3) is 0.400. The summed E-state index contributed by atoms with van der Waals surface area (Å²) in [5, 5.41) is 0. The fourth-order valence-electron chi connectivity index (χ4n) is 0.215. The van der Waals surface area contributed by atoms with Crippen molar-refractivity contribution < 1.29 is 9.63 Å². The summed E-state index contributed by atoms with van der Waals surface area (Å²) in [7, 11) is 0. The quantitative estimate of drug-likeness (QED) is 0.279. The van der Waals surface area contributed by atoms with Gasteiger partial charge >= 0.3 is 0 Å². The first-order valence-electron chi connectivity index (χ1n) is 2.33. The Morgan fingerprint density at radius 3 is 3.00 bits per heavy atom. The smallest absolute Gasteiger partial charge is 0.233 e. The van der Waals surface area contributed by atoms with Crippen LogP contribution in [0.1, 0.15) is 0 Å².